The van der Waals surface area contributed by atoms with Crippen molar-refractivity contribution in [2.45, 2.75) is 42.7 Å². The van der Waals surface area contributed by atoms with Crippen molar-refractivity contribution in [3.05, 3.63) is 27.7 Å². The molecule has 0 unspecified atom stereocenters. The molecule has 1 aromatic rings. The standard InChI is InChI=1S/C13H18BrClN2O2S/c1-16-9-2-4-10(5-3-9)17-20(18,19)11-6-7-13(15)12(14)8-11/h6-10,16-17H,2-5H2,1H3. The molecule has 1 fully saturated rings. The third-order valence-electron chi connectivity index (χ3n) is 3.66. The Balaban J connectivity index is 2.06. The molecule has 0 radical (unpaired) electrons. The lowest BCUT2D eigenvalue weighted by molar-refractivity contribution is 0.343. The second-order valence-corrected chi connectivity index (χ2v) is 8.01. The minimum atomic E-state index is -3.48. The molecular formula is C13H18BrClN2O2S. The fourth-order valence-corrected chi connectivity index (χ4v) is 4.41. The van der Waals surface area contributed by atoms with Crippen LogP contribution in [0.2, 0.25) is 5.02 Å². The molecule has 0 amide bonds. The zero-order valence-electron chi connectivity index (χ0n) is 11.2. The molecule has 0 spiro atoms. The maximum atomic E-state index is 12.3. The van der Waals surface area contributed by atoms with Crippen molar-refractivity contribution in [2.75, 3.05) is 7.05 Å². The van der Waals surface area contributed by atoms with E-state index in [1.54, 1.807) is 6.07 Å². The molecule has 0 saturated heterocycles. The Kier molecular flexibility index (Phi) is 5.48. The van der Waals surface area contributed by atoms with Crippen molar-refractivity contribution in [3.63, 3.8) is 0 Å². The summed E-state index contributed by atoms with van der Waals surface area (Å²) in [7, 11) is -1.54. The number of hydrogen-bond acceptors (Lipinski definition) is 3. The van der Waals surface area contributed by atoms with Crippen LogP contribution in [0.25, 0.3) is 0 Å². The van der Waals surface area contributed by atoms with Crippen molar-refractivity contribution in [2.24, 2.45) is 0 Å². The predicted octanol–water partition coefficient (Wildman–Crippen LogP) is 2.91. The van der Waals surface area contributed by atoms with Gasteiger partial charge in [-0.25, -0.2) is 13.1 Å². The summed E-state index contributed by atoms with van der Waals surface area (Å²) in [4.78, 5) is 0.240. The van der Waals surface area contributed by atoms with E-state index in [9.17, 15) is 8.42 Å². The van der Waals surface area contributed by atoms with Crippen LogP contribution in [0, 0.1) is 0 Å². The highest BCUT2D eigenvalue weighted by atomic mass is 79.9. The van der Waals surface area contributed by atoms with Crippen LogP contribution < -0.4 is 10.0 Å². The van der Waals surface area contributed by atoms with Gasteiger partial charge in [0.1, 0.15) is 0 Å². The van der Waals surface area contributed by atoms with Crippen LogP contribution in [-0.4, -0.2) is 27.5 Å². The molecule has 1 saturated carbocycles. The van der Waals surface area contributed by atoms with Crippen LogP contribution in [0.15, 0.2) is 27.6 Å². The zero-order chi connectivity index (χ0) is 14.8. The first-order valence-corrected chi connectivity index (χ1v) is 9.22. The molecule has 0 bridgehead atoms. The third kappa shape index (κ3) is 3.95. The minimum Gasteiger partial charge on any atom is -0.317 e. The molecule has 0 heterocycles. The number of halogens is 2. The Morgan fingerprint density at radius 2 is 1.80 bits per heavy atom. The van der Waals surface area contributed by atoms with E-state index in [1.165, 1.54) is 12.1 Å². The van der Waals surface area contributed by atoms with E-state index in [2.05, 4.69) is 26.0 Å². The first-order chi connectivity index (χ1) is 9.42. The predicted molar refractivity (Wildman–Crippen MR) is 84.6 cm³/mol. The van der Waals surface area contributed by atoms with E-state index in [-0.39, 0.29) is 10.9 Å². The van der Waals surface area contributed by atoms with Gasteiger partial charge in [-0.1, -0.05) is 11.6 Å². The summed E-state index contributed by atoms with van der Waals surface area (Å²) in [6.45, 7) is 0. The molecule has 0 atom stereocenters. The quantitative estimate of drug-likeness (QED) is 0.843. The molecule has 1 aliphatic carbocycles. The van der Waals surface area contributed by atoms with Gasteiger partial charge in [0.25, 0.3) is 0 Å². The average molecular weight is 382 g/mol. The normalized spacial score (nSPS) is 23.8. The molecule has 4 nitrogen and oxygen atoms in total. The van der Waals surface area contributed by atoms with Crippen molar-refractivity contribution < 1.29 is 8.42 Å². The lowest BCUT2D eigenvalue weighted by Gasteiger charge is -2.28. The van der Waals surface area contributed by atoms with Crippen molar-refractivity contribution in [1.29, 1.82) is 0 Å². The molecular weight excluding hydrogens is 364 g/mol. The van der Waals surface area contributed by atoms with Gasteiger partial charge in [0.2, 0.25) is 10.0 Å². The minimum absolute atomic E-state index is 0.0130. The van der Waals surface area contributed by atoms with Gasteiger partial charge >= 0.3 is 0 Å². The van der Waals surface area contributed by atoms with E-state index in [1.807, 2.05) is 7.05 Å². The number of nitrogens with one attached hydrogen (secondary N) is 2. The van der Waals surface area contributed by atoms with Crippen LogP contribution in [0.1, 0.15) is 25.7 Å². The van der Waals surface area contributed by atoms with Crippen LogP contribution >= 0.6 is 27.5 Å². The lowest BCUT2D eigenvalue weighted by Crippen LogP contribution is -2.41. The Labute approximate surface area is 133 Å². The number of rotatable bonds is 4. The van der Waals surface area contributed by atoms with Gasteiger partial charge in [0.05, 0.1) is 9.92 Å². The Bertz CT molecular complexity index is 572. The van der Waals surface area contributed by atoms with E-state index >= 15 is 0 Å². The molecule has 0 aromatic heterocycles. The Hall–Kier alpha value is -0.140. The molecule has 7 heteroatoms. The first kappa shape index (κ1) is 16.2. The highest BCUT2D eigenvalue weighted by Crippen LogP contribution is 2.26. The second kappa shape index (κ2) is 6.75. The van der Waals surface area contributed by atoms with Gasteiger partial charge in [0, 0.05) is 16.6 Å². The smallest absolute Gasteiger partial charge is 0.240 e. The second-order valence-electron chi connectivity index (χ2n) is 5.03. The summed E-state index contributed by atoms with van der Waals surface area (Å²) in [5.41, 5.74) is 0. The van der Waals surface area contributed by atoms with Crippen molar-refractivity contribution >= 4 is 37.6 Å². The first-order valence-electron chi connectivity index (χ1n) is 6.57. The zero-order valence-corrected chi connectivity index (χ0v) is 14.4. The fourth-order valence-electron chi connectivity index (χ4n) is 2.43. The van der Waals surface area contributed by atoms with E-state index < -0.39 is 10.0 Å². The van der Waals surface area contributed by atoms with Gasteiger partial charge in [-0.15, -0.1) is 0 Å². The van der Waals surface area contributed by atoms with Gasteiger partial charge in [-0.05, 0) is 66.9 Å². The molecule has 2 rings (SSSR count). The maximum absolute atomic E-state index is 12.3. The molecule has 2 N–H and O–H groups in total. The largest absolute Gasteiger partial charge is 0.317 e. The number of sulfonamides is 1. The van der Waals surface area contributed by atoms with Crippen LogP contribution in [0.4, 0.5) is 0 Å². The summed E-state index contributed by atoms with van der Waals surface area (Å²) in [6, 6.07) is 5.15. The molecule has 0 aliphatic heterocycles. The van der Waals surface area contributed by atoms with E-state index in [4.69, 9.17) is 11.6 Å². The summed E-state index contributed by atoms with van der Waals surface area (Å²) in [6.07, 6.45) is 3.71. The molecule has 1 aliphatic rings. The topological polar surface area (TPSA) is 58.2 Å². The highest BCUT2D eigenvalue weighted by molar-refractivity contribution is 9.10. The maximum Gasteiger partial charge on any atom is 0.240 e. The Morgan fingerprint density at radius 1 is 1.20 bits per heavy atom. The van der Waals surface area contributed by atoms with E-state index in [0.29, 0.717) is 15.5 Å². The van der Waals surface area contributed by atoms with Gasteiger partial charge in [-0.2, -0.15) is 0 Å². The highest BCUT2D eigenvalue weighted by Gasteiger charge is 2.25. The summed E-state index contributed by atoms with van der Waals surface area (Å²) >= 11 is 9.13. The van der Waals surface area contributed by atoms with Crippen LogP contribution in [0.5, 0.6) is 0 Å². The van der Waals surface area contributed by atoms with Crippen LogP contribution in [0.3, 0.4) is 0 Å². The third-order valence-corrected chi connectivity index (χ3v) is 6.39. The lowest BCUT2D eigenvalue weighted by atomic mass is 9.92. The van der Waals surface area contributed by atoms with Crippen molar-refractivity contribution in [3.8, 4) is 0 Å². The van der Waals surface area contributed by atoms with Crippen molar-refractivity contribution in [1.82, 2.24) is 10.0 Å². The van der Waals surface area contributed by atoms with Gasteiger partial charge in [0.15, 0.2) is 0 Å². The molecule has 20 heavy (non-hydrogen) atoms. The fraction of sp³-hybridized carbons (Fsp3) is 0.538. The van der Waals surface area contributed by atoms with Crippen LogP contribution in [-0.2, 0) is 10.0 Å². The summed E-state index contributed by atoms with van der Waals surface area (Å²) < 4.78 is 28.0. The SMILES string of the molecule is CNC1CCC(NS(=O)(=O)c2ccc(Cl)c(Br)c2)CC1. The molecule has 112 valence electrons. The summed E-state index contributed by atoms with van der Waals surface area (Å²) in [5, 5.41) is 3.73. The Morgan fingerprint density at radius 3 is 2.35 bits per heavy atom. The van der Waals surface area contributed by atoms with Gasteiger partial charge in [-0.3, -0.25) is 0 Å². The molecule has 1 aromatic carbocycles. The van der Waals surface area contributed by atoms with E-state index in [0.717, 1.165) is 25.7 Å². The van der Waals surface area contributed by atoms with Gasteiger partial charge < -0.3 is 5.32 Å². The average Bonchev–Trinajstić information content (AvgIpc) is 2.42. The number of benzene rings is 1. The monoisotopic (exact) mass is 380 g/mol. The number of hydrogen-bond donors (Lipinski definition) is 2. The summed E-state index contributed by atoms with van der Waals surface area (Å²) in [5.74, 6) is 0.